The van der Waals surface area contributed by atoms with E-state index >= 15 is 0 Å². The lowest BCUT2D eigenvalue weighted by molar-refractivity contribution is 0.275. The summed E-state index contributed by atoms with van der Waals surface area (Å²) in [6.07, 6.45) is 8.02. The number of likely N-dealkylation sites (N-methyl/N-ethyl adjacent to an activating group) is 1. The highest BCUT2D eigenvalue weighted by Crippen LogP contribution is 2.42. The fourth-order valence-corrected chi connectivity index (χ4v) is 5.75. The van der Waals surface area contributed by atoms with Gasteiger partial charge in [-0.05, 0) is 43.7 Å². The normalized spacial score (nSPS) is 17.7. The molecule has 5 heterocycles. The number of nitrogens with one attached hydrogen (secondary N) is 1. The van der Waals surface area contributed by atoms with E-state index < -0.39 is 15.5 Å². The van der Waals surface area contributed by atoms with Crippen molar-refractivity contribution >= 4 is 38.2 Å². The molecule has 0 aliphatic carbocycles. The first-order chi connectivity index (χ1) is 17.7. The smallest absolute Gasteiger partial charge is 0.229 e. The summed E-state index contributed by atoms with van der Waals surface area (Å²) in [4.78, 5) is 15.8. The number of hydrogen-bond donors (Lipinski definition) is 1. The van der Waals surface area contributed by atoms with Gasteiger partial charge in [-0.1, -0.05) is 6.07 Å². The Kier molecular flexibility index (Phi) is 5.84. The fraction of sp³-hybridized carbons (Fsp3) is 0.346. The Balaban J connectivity index is 1.39. The molecular formula is C26H28FN7O2S. The van der Waals surface area contributed by atoms with Gasteiger partial charge in [-0.2, -0.15) is 9.35 Å². The molecule has 1 aromatic carbocycles. The van der Waals surface area contributed by atoms with Gasteiger partial charge in [0.25, 0.3) is 0 Å². The molecule has 0 saturated carbocycles. The third-order valence-electron chi connectivity index (χ3n) is 6.60. The monoisotopic (exact) mass is 521 g/mol. The largest absolute Gasteiger partial charge is 0.493 e. The molecule has 4 aromatic rings. The van der Waals surface area contributed by atoms with Gasteiger partial charge in [0.1, 0.15) is 11.6 Å². The number of ether oxygens (including phenoxy) is 1. The molecule has 37 heavy (non-hydrogen) atoms. The molecule has 6 rings (SSSR count). The van der Waals surface area contributed by atoms with Crippen molar-refractivity contribution in [2.24, 2.45) is 4.36 Å². The first-order valence-corrected chi connectivity index (χ1v) is 14.5. The molecule has 9 nitrogen and oxygen atoms in total. The predicted molar refractivity (Wildman–Crippen MR) is 142 cm³/mol. The molecule has 0 spiro atoms. The number of fused-ring (bicyclic) bond motifs is 1. The number of halogens is 1. The zero-order chi connectivity index (χ0) is 25.7. The van der Waals surface area contributed by atoms with Crippen molar-refractivity contribution < 1.29 is 13.3 Å². The fourth-order valence-electron chi connectivity index (χ4n) is 5.20. The van der Waals surface area contributed by atoms with Crippen LogP contribution in [0.2, 0.25) is 0 Å². The van der Waals surface area contributed by atoms with Gasteiger partial charge in [0.05, 0.1) is 12.0 Å². The van der Waals surface area contributed by atoms with Gasteiger partial charge >= 0.3 is 0 Å². The lowest BCUT2D eigenvalue weighted by atomic mass is 9.86. The Hall–Kier alpha value is -3.57. The zero-order valence-corrected chi connectivity index (χ0v) is 21.8. The average molecular weight is 522 g/mol. The van der Waals surface area contributed by atoms with Crippen LogP contribution in [-0.4, -0.2) is 61.3 Å². The van der Waals surface area contributed by atoms with E-state index in [9.17, 15) is 8.60 Å². The minimum absolute atomic E-state index is 0.272. The Bertz CT molecular complexity index is 1640. The molecule has 3 aromatic heterocycles. The first kappa shape index (κ1) is 23.8. The van der Waals surface area contributed by atoms with Crippen LogP contribution in [0, 0.1) is 5.82 Å². The first-order valence-electron chi connectivity index (χ1n) is 12.2. The van der Waals surface area contributed by atoms with E-state index in [4.69, 9.17) is 4.74 Å². The molecule has 192 valence electrons. The molecule has 2 aliphatic heterocycles. The van der Waals surface area contributed by atoms with Gasteiger partial charge in [-0.25, -0.2) is 18.6 Å². The summed E-state index contributed by atoms with van der Waals surface area (Å²) in [6.45, 7) is 2.59. The van der Waals surface area contributed by atoms with Crippen molar-refractivity contribution in [2.45, 2.75) is 25.3 Å². The van der Waals surface area contributed by atoms with Crippen LogP contribution in [0.25, 0.3) is 16.9 Å². The van der Waals surface area contributed by atoms with E-state index in [1.54, 1.807) is 22.8 Å². The quantitative estimate of drug-likeness (QED) is 0.414. The van der Waals surface area contributed by atoms with Gasteiger partial charge in [0, 0.05) is 71.0 Å². The number of aromatic nitrogens is 4. The van der Waals surface area contributed by atoms with Gasteiger partial charge in [0.15, 0.2) is 17.3 Å². The molecule has 1 atom stereocenters. The minimum Gasteiger partial charge on any atom is -0.493 e. The standard InChI is InChI=1S/C26H28FN7O2S/c1-33-13-16-6-5-9-36-21-11-18(10-17(14-33)24(16)21)29-26-28-12-19-20(27)15-34(25(19)31-26)23-8-4-7-22(30-23)32-37(2,3)35/h4,7-8,10-12,15-16H,5-6,9,13-14H2,1-3H3,(H,28,29,31). The second kappa shape index (κ2) is 9.07. The number of hydrogen-bond acceptors (Lipinski definition) is 8. The second-order valence-electron chi connectivity index (χ2n) is 9.96. The molecule has 0 bridgehead atoms. The lowest BCUT2D eigenvalue weighted by Crippen LogP contribution is -2.30. The Morgan fingerprint density at radius 3 is 2.95 bits per heavy atom. The summed E-state index contributed by atoms with van der Waals surface area (Å²) in [7, 11) is -0.249. The maximum absolute atomic E-state index is 14.8. The number of pyridine rings is 1. The van der Waals surface area contributed by atoms with E-state index in [-0.39, 0.29) is 5.39 Å². The highest BCUT2D eigenvalue weighted by atomic mass is 32.2. The molecule has 1 N–H and O–H groups in total. The SMILES string of the molecule is CN1Cc2cc(Nc3ncc4c(F)cn(-c5cccc(N=S(C)(C)=O)n5)c4n3)cc3c2C(CCCO3)C1. The lowest BCUT2D eigenvalue weighted by Gasteiger charge is -2.32. The van der Waals surface area contributed by atoms with Crippen LogP contribution in [-0.2, 0) is 16.3 Å². The van der Waals surface area contributed by atoms with Crippen molar-refractivity contribution in [1.82, 2.24) is 24.4 Å². The summed E-state index contributed by atoms with van der Waals surface area (Å²) in [5, 5.41) is 3.56. The van der Waals surface area contributed by atoms with Gasteiger partial charge < -0.3 is 15.0 Å². The van der Waals surface area contributed by atoms with Crippen LogP contribution in [0.5, 0.6) is 5.75 Å². The van der Waals surface area contributed by atoms with Crippen LogP contribution in [0.4, 0.5) is 21.8 Å². The Labute approximate surface area is 214 Å². The summed E-state index contributed by atoms with van der Waals surface area (Å²) < 4.78 is 38.7. The van der Waals surface area contributed by atoms with E-state index in [0.717, 1.165) is 37.4 Å². The van der Waals surface area contributed by atoms with Crippen molar-refractivity contribution in [1.29, 1.82) is 0 Å². The highest BCUT2D eigenvalue weighted by Gasteiger charge is 2.29. The molecular weight excluding hydrogens is 493 g/mol. The maximum atomic E-state index is 14.8. The van der Waals surface area contributed by atoms with E-state index in [1.165, 1.54) is 36.0 Å². The molecule has 2 aliphatic rings. The molecule has 11 heteroatoms. The zero-order valence-electron chi connectivity index (χ0n) is 20.9. The molecule has 1 unspecified atom stereocenters. The number of anilines is 2. The number of benzene rings is 1. The minimum atomic E-state index is -2.39. The van der Waals surface area contributed by atoms with E-state index in [0.29, 0.717) is 35.8 Å². The third kappa shape index (κ3) is 4.76. The van der Waals surface area contributed by atoms with Gasteiger partial charge in [-0.3, -0.25) is 4.57 Å². The third-order valence-corrected chi connectivity index (χ3v) is 7.22. The van der Waals surface area contributed by atoms with E-state index in [2.05, 4.69) is 42.6 Å². The second-order valence-corrected chi connectivity index (χ2v) is 12.5. The summed E-state index contributed by atoms with van der Waals surface area (Å²) >= 11 is 0. The van der Waals surface area contributed by atoms with Crippen LogP contribution >= 0.6 is 0 Å². The van der Waals surface area contributed by atoms with Gasteiger partial charge in [-0.15, -0.1) is 0 Å². The molecule has 0 radical (unpaired) electrons. The highest BCUT2D eigenvalue weighted by molar-refractivity contribution is 7.92. The van der Waals surface area contributed by atoms with Crippen molar-refractivity contribution in [3.63, 3.8) is 0 Å². The van der Waals surface area contributed by atoms with Crippen LogP contribution in [0.3, 0.4) is 0 Å². The van der Waals surface area contributed by atoms with Crippen molar-refractivity contribution in [3.05, 3.63) is 59.7 Å². The van der Waals surface area contributed by atoms with Crippen LogP contribution in [0.15, 0.2) is 47.1 Å². The van der Waals surface area contributed by atoms with Gasteiger partial charge in [0.2, 0.25) is 5.95 Å². The van der Waals surface area contributed by atoms with Crippen LogP contribution in [0.1, 0.15) is 29.9 Å². The summed E-state index contributed by atoms with van der Waals surface area (Å²) in [6, 6.07) is 9.26. The maximum Gasteiger partial charge on any atom is 0.229 e. The topological polar surface area (TPSA) is 97.5 Å². The summed E-state index contributed by atoms with van der Waals surface area (Å²) in [5.41, 5.74) is 3.74. The Morgan fingerprint density at radius 2 is 2.11 bits per heavy atom. The van der Waals surface area contributed by atoms with Crippen molar-refractivity contribution in [2.75, 3.05) is 38.0 Å². The number of rotatable bonds is 4. The molecule has 0 amide bonds. The number of nitrogens with zero attached hydrogens (tertiary/aromatic N) is 6. The Morgan fingerprint density at radius 1 is 1.24 bits per heavy atom. The van der Waals surface area contributed by atoms with Crippen molar-refractivity contribution in [3.8, 4) is 11.6 Å². The average Bonchev–Trinajstić information content (AvgIpc) is 3.01. The molecule has 0 fully saturated rings. The van der Waals surface area contributed by atoms with E-state index in [1.807, 2.05) is 6.07 Å². The molecule has 0 saturated heterocycles. The van der Waals surface area contributed by atoms with Crippen LogP contribution < -0.4 is 10.1 Å². The summed E-state index contributed by atoms with van der Waals surface area (Å²) in [5.74, 6) is 1.99. The predicted octanol–water partition coefficient (Wildman–Crippen LogP) is 4.76.